The Kier molecular flexibility index (Phi) is 3.85. The number of hydrogen-bond acceptors (Lipinski definition) is 3. The third kappa shape index (κ3) is 2.60. The first-order valence-corrected chi connectivity index (χ1v) is 6.25. The van der Waals surface area contributed by atoms with E-state index in [1.54, 1.807) is 6.08 Å². The number of hydrogen-bond donors (Lipinski definition) is 1. The lowest BCUT2D eigenvalue weighted by molar-refractivity contribution is -0.108. The third-order valence-corrected chi connectivity index (χ3v) is 3.21. The van der Waals surface area contributed by atoms with Crippen LogP contribution < -0.4 is 10.6 Å². The summed E-state index contributed by atoms with van der Waals surface area (Å²) in [6, 6.07) is 7.96. The summed E-state index contributed by atoms with van der Waals surface area (Å²) in [6.45, 7) is 6.33. The number of carbonyl (C=O) groups excluding carboxylic acids is 1. The van der Waals surface area contributed by atoms with Gasteiger partial charge in [0.25, 0.3) is 0 Å². The molecule has 1 heterocycles. The molecular weight excluding hydrogens is 236 g/mol. The van der Waals surface area contributed by atoms with Gasteiger partial charge in [0.2, 0.25) is 0 Å². The summed E-state index contributed by atoms with van der Waals surface area (Å²) in [7, 11) is 0. The molecule has 0 saturated heterocycles. The van der Waals surface area contributed by atoms with Gasteiger partial charge in [-0.05, 0) is 36.8 Å². The van der Waals surface area contributed by atoms with Gasteiger partial charge in [-0.2, -0.15) is 0 Å². The molecule has 1 atom stereocenters. The van der Waals surface area contributed by atoms with Crippen molar-refractivity contribution in [2.24, 2.45) is 5.73 Å². The van der Waals surface area contributed by atoms with Crippen molar-refractivity contribution in [1.82, 2.24) is 0 Å². The zero-order chi connectivity index (χ0) is 13.8. The highest BCUT2D eigenvalue weighted by Gasteiger charge is 2.28. The van der Waals surface area contributed by atoms with Gasteiger partial charge in [0, 0.05) is 23.6 Å². The highest BCUT2D eigenvalue weighted by molar-refractivity contribution is 5.76. The second-order valence-corrected chi connectivity index (χ2v) is 4.62. The summed E-state index contributed by atoms with van der Waals surface area (Å²) in [6.07, 6.45) is 6.55. The van der Waals surface area contributed by atoms with Gasteiger partial charge in [-0.15, -0.1) is 0 Å². The van der Waals surface area contributed by atoms with E-state index >= 15 is 0 Å². The van der Waals surface area contributed by atoms with E-state index in [1.807, 2.05) is 43.3 Å². The molecule has 0 amide bonds. The van der Waals surface area contributed by atoms with Crippen molar-refractivity contribution in [3.63, 3.8) is 0 Å². The first-order chi connectivity index (χ1) is 9.17. The molecule has 0 saturated carbocycles. The van der Waals surface area contributed by atoms with Crippen molar-refractivity contribution in [1.29, 1.82) is 0 Å². The lowest BCUT2D eigenvalue weighted by Gasteiger charge is -2.20. The largest absolute Gasteiger partial charge is 0.402 e. The smallest absolute Gasteiger partial charge is 0.129 e. The molecule has 0 aromatic heterocycles. The fraction of sp³-hybridized carbons (Fsp3) is 0.188. The van der Waals surface area contributed by atoms with Crippen LogP contribution in [0.5, 0.6) is 0 Å². The van der Waals surface area contributed by atoms with Crippen LogP contribution in [0.3, 0.4) is 0 Å². The number of para-hydroxylation sites is 1. The summed E-state index contributed by atoms with van der Waals surface area (Å²) < 4.78 is 0. The number of fused-ring (bicyclic) bond motifs is 1. The number of allylic oxidation sites excluding steroid dienone is 4. The summed E-state index contributed by atoms with van der Waals surface area (Å²) >= 11 is 0. The van der Waals surface area contributed by atoms with E-state index in [0.29, 0.717) is 6.54 Å². The number of benzene rings is 1. The van der Waals surface area contributed by atoms with Gasteiger partial charge in [-0.25, -0.2) is 0 Å². The molecule has 1 aliphatic heterocycles. The summed E-state index contributed by atoms with van der Waals surface area (Å²) in [5.41, 5.74) is 9.46. The van der Waals surface area contributed by atoms with Crippen LogP contribution in [0.25, 0.3) is 0 Å². The van der Waals surface area contributed by atoms with Gasteiger partial charge in [0.15, 0.2) is 0 Å². The molecule has 19 heavy (non-hydrogen) atoms. The molecule has 1 aromatic rings. The van der Waals surface area contributed by atoms with E-state index in [0.717, 1.165) is 28.9 Å². The second-order valence-electron chi connectivity index (χ2n) is 4.62. The zero-order valence-corrected chi connectivity index (χ0v) is 11.0. The Morgan fingerprint density at radius 2 is 2.16 bits per heavy atom. The molecule has 98 valence electrons. The predicted octanol–water partition coefficient (Wildman–Crippen LogP) is 2.72. The maximum atomic E-state index is 11.2. The molecule has 0 aliphatic carbocycles. The third-order valence-electron chi connectivity index (χ3n) is 3.21. The lowest BCUT2D eigenvalue weighted by atomic mass is 10.0. The van der Waals surface area contributed by atoms with Gasteiger partial charge in [0.1, 0.15) is 6.29 Å². The molecule has 1 unspecified atom stereocenters. The highest BCUT2D eigenvalue weighted by Crippen LogP contribution is 2.37. The van der Waals surface area contributed by atoms with Crippen molar-refractivity contribution < 1.29 is 4.79 Å². The zero-order valence-electron chi connectivity index (χ0n) is 11.0. The van der Waals surface area contributed by atoms with Crippen LogP contribution in [-0.4, -0.2) is 12.8 Å². The van der Waals surface area contributed by atoms with E-state index in [2.05, 4.69) is 11.5 Å². The average Bonchev–Trinajstić information content (AvgIpc) is 2.78. The molecule has 0 fully saturated rings. The Hall–Kier alpha value is -2.29. The first kappa shape index (κ1) is 13.1. The van der Waals surface area contributed by atoms with Crippen molar-refractivity contribution in [2.75, 3.05) is 11.4 Å². The molecule has 2 N–H and O–H groups in total. The van der Waals surface area contributed by atoms with Crippen molar-refractivity contribution in [3.05, 3.63) is 66.0 Å². The molecule has 1 aliphatic rings. The standard InChI is InChI=1S/C16H18N2O/c1-3-14(9-8-12(2)17)18-10-13(11-19)15-6-4-5-7-16(15)18/h3-9,11,13H,1,10,17H2,2H3/b12-8+,14-9+. The Morgan fingerprint density at radius 1 is 1.42 bits per heavy atom. The van der Waals surface area contributed by atoms with Crippen molar-refractivity contribution >= 4 is 12.0 Å². The molecule has 0 radical (unpaired) electrons. The highest BCUT2D eigenvalue weighted by atomic mass is 16.1. The number of nitrogens with two attached hydrogens (primary N) is 1. The minimum Gasteiger partial charge on any atom is -0.402 e. The molecule has 3 heteroatoms. The summed E-state index contributed by atoms with van der Waals surface area (Å²) in [5.74, 6) is -0.0810. The number of nitrogens with zero attached hydrogens (tertiary/aromatic N) is 1. The van der Waals surface area contributed by atoms with Crippen LogP contribution in [0.4, 0.5) is 5.69 Å². The van der Waals surface area contributed by atoms with Gasteiger partial charge >= 0.3 is 0 Å². The predicted molar refractivity (Wildman–Crippen MR) is 78.8 cm³/mol. The minimum absolute atomic E-state index is 0.0810. The van der Waals surface area contributed by atoms with Crippen molar-refractivity contribution in [2.45, 2.75) is 12.8 Å². The first-order valence-electron chi connectivity index (χ1n) is 6.25. The fourth-order valence-corrected chi connectivity index (χ4v) is 2.29. The molecule has 0 spiro atoms. The summed E-state index contributed by atoms with van der Waals surface area (Å²) in [4.78, 5) is 13.3. The van der Waals surface area contributed by atoms with E-state index in [1.165, 1.54) is 0 Å². The molecule has 1 aromatic carbocycles. The van der Waals surface area contributed by atoms with Gasteiger partial charge in [0.05, 0.1) is 5.92 Å². The van der Waals surface area contributed by atoms with Gasteiger partial charge < -0.3 is 15.4 Å². The SMILES string of the molecule is C=C/C(=C\C=C(/C)N)N1CC(C=O)c2ccccc21. The van der Waals surface area contributed by atoms with Crippen LogP contribution in [-0.2, 0) is 4.79 Å². The van der Waals surface area contributed by atoms with Gasteiger partial charge in [-0.3, -0.25) is 0 Å². The maximum Gasteiger partial charge on any atom is 0.129 e. The van der Waals surface area contributed by atoms with Crippen LogP contribution in [0.15, 0.2) is 60.5 Å². The minimum atomic E-state index is -0.0810. The van der Waals surface area contributed by atoms with Crippen LogP contribution in [0.1, 0.15) is 18.4 Å². The normalized spacial score (nSPS) is 19.2. The quantitative estimate of drug-likeness (QED) is 0.664. The molecular formula is C16H18N2O. The number of carbonyl (C=O) groups is 1. The molecule has 3 nitrogen and oxygen atoms in total. The van der Waals surface area contributed by atoms with E-state index in [4.69, 9.17) is 5.73 Å². The molecule has 2 rings (SSSR count). The number of rotatable bonds is 4. The second kappa shape index (κ2) is 5.57. The van der Waals surface area contributed by atoms with E-state index in [9.17, 15) is 4.79 Å². The lowest BCUT2D eigenvalue weighted by Crippen LogP contribution is -2.20. The van der Waals surface area contributed by atoms with Crippen LogP contribution in [0, 0.1) is 0 Å². The van der Waals surface area contributed by atoms with Crippen LogP contribution >= 0.6 is 0 Å². The fourth-order valence-electron chi connectivity index (χ4n) is 2.29. The Bertz CT molecular complexity index is 554. The Balaban J connectivity index is 2.42. The number of anilines is 1. The van der Waals surface area contributed by atoms with E-state index < -0.39 is 0 Å². The average molecular weight is 254 g/mol. The molecule has 0 bridgehead atoms. The monoisotopic (exact) mass is 254 g/mol. The summed E-state index contributed by atoms with van der Waals surface area (Å²) in [5, 5.41) is 0. The maximum absolute atomic E-state index is 11.2. The number of aldehydes is 1. The van der Waals surface area contributed by atoms with Gasteiger partial charge in [-0.1, -0.05) is 24.8 Å². The van der Waals surface area contributed by atoms with E-state index in [-0.39, 0.29) is 5.92 Å². The Labute approximate surface area is 113 Å². The Morgan fingerprint density at radius 3 is 2.79 bits per heavy atom. The van der Waals surface area contributed by atoms with Crippen LogP contribution in [0.2, 0.25) is 0 Å². The topological polar surface area (TPSA) is 46.3 Å². The van der Waals surface area contributed by atoms with Crippen molar-refractivity contribution in [3.8, 4) is 0 Å².